The zero-order valence-electron chi connectivity index (χ0n) is 18.3. The maximum Gasteiger partial charge on any atom is 0.237 e. The maximum atomic E-state index is 14.3. The Morgan fingerprint density at radius 3 is 2.53 bits per heavy atom. The van der Waals surface area contributed by atoms with Crippen LogP contribution in [0.15, 0.2) is 77.7 Å². The van der Waals surface area contributed by atoms with Crippen molar-refractivity contribution in [3.63, 3.8) is 0 Å². The minimum atomic E-state index is -0.383. The van der Waals surface area contributed by atoms with Crippen molar-refractivity contribution in [2.45, 2.75) is 26.4 Å². The van der Waals surface area contributed by atoms with Crippen LogP contribution in [-0.4, -0.2) is 35.3 Å². The van der Waals surface area contributed by atoms with Crippen LogP contribution in [0.25, 0.3) is 0 Å². The normalized spacial score (nSPS) is 11.0. The van der Waals surface area contributed by atoms with Crippen molar-refractivity contribution >= 4 is 17.5 Å². The molecule has 0 aliphatic rings. The van der Waals surface area contributed by atoms with E-state index >= 15 is 0 Å². The molecule has 32 heavy (non-hydrogen) atoms. The third-order valence-electron chi connectivity index (χ3n) is 5.20. The van der Waals surface area contributed by atoms with E-state index in [4.69, 9.17) is 16.0 Å². The smallest absolute Gasteiger partial charge is 0.237 e. The minimum Gasteiger partial charge on any atom is -0.464 e. The molecule has 0 N–H and O–H groups in total. The number of carbonyl (C=O) groups excluding carboxylic acids is 1. The average molecular weight is 455 g/mol. The maximum absolute atomic E-state index is 14.3. The fraction of sp³-hybridized carbons (Fsp3) is 0.269. The standard InChI is InChI=1S/C26H28ClFN2O2/c1-3-15-29(18-23-24(27)10-7-11-25(23)28)19-26(31)30(17-22-13-12-20(2)32-22)16-14-21-8-5-4-6-9-21/h3-13H,1,14-19H2,2H3. The summed E-state index contributed by atoms with van der Waals surface area (Å²) in [6.07, 6.45) is 2.43. The van der Waals surface area contributed by atoms with Crippen LogP contribution in [0.2, 0.25) is 5.02 Å². The Morgan fingerprint density at radius 2 is 1.88 bits per heavy atom. The molecule has 0 saturated heterocycles. The SMILES string of the molecule is C=CCN(CC(=O)N(CCc1ccccc1)Cc1ccc(C)o1)Cc1c(F)cccc1Cl. The monoisotopic (exact) mass is 454 g/mol. The molecule has 168 valence electrons. The van der Waals surface area contributed by atoms with Crippen LogP contribution in [0.4, 0.5) is 4.39 Å². The van der Waals surface area contributed by atoms with E-state index in [-0.39, 0.29) is 24.8 Å². The van der Waals surface area contributed by atoms with E-state index in [0.717, 1.165) is 23.5 Å². The lowest BCUT2D eigenvalue weighted by molar-refractivity contribution is -0.133. The van der Waals surface area contributed by atoms with E-state index in [0.29, 0.717) is 30.2 Å². The molecule has 4 nitrogen and oxygen atoms in total. The van der Waals surface area contributed by atoms with Gasteiger partial charge in [-0.1, -0.05) is 54.1 Å². The summed E-state index contributed by atoms with van der Waals surface area (Å²) in [5, 5.41) is 0.346. The number of halogens is 2. The molecule has 3 rings (SSSR count). The van der Waals surface area contributed by atoms with Gasteiger partial charge in [0.25, 0.3) is 0 Å². The highest BCUT2D eigenvalue weighted by atomic mass is 35.5. The van der Waals surface area contributed by atoms with Crippen molar-refractivity contribution in [2.75, 3.05) is 19.6 Å². The highest BCUT2D eigenvalue weighted by Gasteiger charge is 2.20. The van der Waals surface area contributed by atoms with Crippen molar-refractivity contribution in [2.24, 2.45) is 0 Å². The number of carbonyl (C=O) groups is 1. The number of hydrogen-bond acceptors (Lipinski definition) is 3. The van der Waals surface area contributed by atoms with Crippen LogP contribution in [-0.2, 0) is 24.3 Å². The molecule has 0 saturated carbocycles. The number of furan rings is 1. The molecule has 0 fully saturated rings. The number of aryl methyl sites for hydroxylation is 1. The van der Waals surface area contributed by atoms with Gasteiger partial charge in [-0.2, -0.15) is 0 Å². The summed E-state index contributed by atoms with van der Waals surface area (Å²) in [4.78, 5) is 16.9. The summed E-state index contributed by atoms with van der Waals surface area (Å²) in [6, 6.07) is 18.4. The van der Waals surface area contributed by atoms with Gasteiger partial charge < -0.3 is 9.32 Å². The van der Waals surface area contributed by atoms with E-state index in [9.17, 15) is 9.18 Å². The van der Waals surface area contributed by atoms with Gasteiger partial charge in [-0.25, -0.2) is 4.39 Å². The van der Waals surface area contributed by atoms with Crippen molar-refractivity contribution in [3.05, 3.63) is 107 Å². The summed E-state index contributed by atoms with van der Waals surface area (Å²) < 4.78 is 20.0. The lowest BCUT2D eigenvalue weighted by Gasteiger charge is -2.27. The third kappa shape index (κ3) is 6.81. The summed E-state index contributed by atoms with van der Waals surface area (Å²) in [7, 11) is 0. The quantitative estimate of drug-likeness (QED) is 0.352. The molecular weight excluding hydrogens is 427 g/mol. The fourth-order valence-corrected chi connectivity index (χ4v) is 3.75. The van der Waals surface area contributed by atoms with Gasteiger partial charge in [0.1, 0.15) is 17.3 Å². The molecule has 1 heterocycles. The lowest BCUT2D eigenvalue weighted by atomic mass is 10.1. The first-order valence-electron chi connectivity index (χ1n) is 10.6. The van der Waals surface area contributed by atoms with Gasteiger partial charge in [-0.05, 0) is 43.2 Å². The predicted octanol–water partition coefficient (Wildman–Crippen LogP) is 5.64. The van der Waals surface area contributed by atoms with E-state index in [1.165, 1.54) is 6.07 Å². The zero-order valence-corrected chi connectivity index (χ0v) is 19.0. The Morgan fingerprint density at radius 1 is 1.09 bits per heavy atom. The predicted molar refractivity (Wildman–Crippen MR) is 126 cm³/mol. The van der Waals surface area contributed by atoms with Gasteiger partial charge in [-0.15, -0.1) is 6.58 Å². The summed E-state index contributed by atoms with van der Waals surface area (Å²) in [5.41, 5.74) is 1.53. The van der Waals surface area contributed by atoms with Crippen LogP contribution in [0.1, 0.15) is 22.6 Å². The Labute approximate surface area is 193 Å². The largest absolute Gasteiger partial charge is 0.464 e. The molecule has 0 unspecified atom stereocenters. The van der Waals surface area contributed by atoms with Crippen LogP contribution in [0, 0.1) is 12.7 Å². The minimum absolute atomic E-state index is 0.0655. The number of benzene rings is 2. The van der Waals surface area contributed by atoms with Crippen LogP contribution < -0.4 is 0 Å². The lowest BCUT2D eigenvalue weighted by Crippen LogP contribution is -2.41. The molecule has 6 heteroatoms. The first-order chi connectivity index (χ1) is 15.5. The summed E-state index contributed by atoms with van der Waals surface area (Å²) >= 11 is 6.20. The average Bonchev–Trinajstić information content (AvgIpc) is 3.19. The summed E-state index contributed by atoms with van der Waals surface area (Å²) in [5.74, 6) is 1.09. The van der Waals surface area contributed by atoms with E-state index in [1.54, 1.807) is 23.1 Å². The van der Waals surface area contributed by atoms with Crippen LogP contribution in [0.3, 0.4) is 0 Å². The van der Waals surface area contributed by atoms with Gasteiger partial charge in [0.15, 0.2) is 0 Å². The molecular formula is C26H28ClFN2O2. The Hall–Kier alpha value is -2.89. The Balaban J connectivity index is 1.73. The molecule has 0 radical (unpaired) electrons. The van der Waals surface area contributed by atoms with Gasteiger partial charge in [-0.3, -0.25) is 9.69 Å². The van der Waals surface area contributed by atoms with Crippen LogP contribution >= 0.6 is 11.6 Å². The van der Waals surface area contributed by atoms with E-state index in [2.05, 4.69) is 6.58 Å². The number of rotatable bonds is 11. The molecule has 2 aromatic carbocycles. The second-order valence-corrected chi connectivity index (χ2v) is 8.13. The van der Waals surface area contributed by atoms with Crippen molar-refractivity contribution in [1.29, 1.82) is 0 Å². The highest BCUT2D eigenvalue weighted by Crippen LogP contribution is 2.21. The molecule has 3 aromatic rings. The third-order valence-corrected chi connectivity index (χ3v) is 5.55. The van der Waals surface area contributed by atoms with Gasteiger partial charge >= 0.3 is 0 Å². The zero-order chi connectivity index (χ0) is 22.9. The van der Waals surface area contributed by atoms with Crippen molar-refractivity contribution in [1.82, 2.24) is 9.80 Å². The fourth-order valence-electron chi connectivity index (χ4n) is 3.52. The molecule has 0 aliphatic carbocycles. The second kappa shape index (κ2) is 11.7. The molecule has 0 spiro atoms. The second-order valence-electron chi connectivity index (χ2n) is 7.72. The molecule has 0 aliphatic heterocycles. The first kappa shape index (κ1) is 23.8. The topological polar surface area (TPSA) is 36.7 Å². The molecule has 0 atom stereocenters. The number of hydrogen-bond donors (Lipinski definition) is 0. The van der Waals surface area contributed by atoms with Crippen molar-refractivity contribution in [3.8, 4) is 0 Å². The molecule has 0 bridgehead atoms. The number of amides is 1. The Kier molecular flexibility index (Phi) is 8.65. The Bertz CT molecular complexity index is 1020. The van der Waals surface area contributed by atoms with E-state index < -0.39 is 0 Å². The first-order valence-corrected chi connectivity index (χ1v) is 11.0. The highest BCUT2D eigenvalue weighted by molar-refractivity contribution is 6.31. The van der Waals surface area contributed by atoms with E-state index in [1.807, 2.05) is 54.3 Å². The van der Waals surface area contributed by atoms with Crippen LogP contribution in [0.5, 0.6) is 0 Å². The van der Waals surface area contributed by atoms with Crippen molar-refractivity contribution < 1.29 is 13.6 Å². The summed E-state index contributed by atoms with van der Waals surface area (Å²) in [6.45, 7) is 7.35. The van der Waals surface area contributed by atoms with Gasteiger partial charge in [0.05, 0.1) is 13.1 Å². The number of nitrogens with zero attached hydrogens (tertiary/aromatic N) is 2. The van der Waals surface area contributed by atoms with Gasteiger partial charge in [0, 0.05) is 30.2 Å². The van der Waals surface area contributed by atoms with Gasteiger partial charge in [0.2, 0.25) is 5.91 Å². The molecule has 1 amide bonds. The molecule has 1 aromatic heterocycles.